The van der Waals surface area contributed by atoms with E-state index in [4.69, 9.17) is 9.47 Å². The Balaban J connectivity index is 2.45. The van der Waals surface area contributed by atoms with Gasteiger partial charge in [-0.3, -0.25) is 0 Å². The summed E-state index contributed by atoms with van der Waals surface area (Å²) in [5.74, 6) is -0.246. The highest BCUT2D eigenvalue weighted by atomic mass is 16.6. The van der Waals surface area contributed by atoms with Crippen LogP contribution in [-0.2, 0) is 14.3 Å². The van der Waals surface area contributed by atoms with Crippen LogP contribution in [0.5, 0.6) is 0 Å². The molecule has 0 heterocycles. The molecule has 0 aromatic rings. The van der Waals surface area contributed by atoms with Crippen molar-refractivity contribution >= 4 is 5.97 Å². The predicted octanol–water partition coefficient (Wildman–Crippen LogP) is 3.79. The van der Waals surface area contributed by atoms with Gasteiger partial charge in [0.25, 0.3) is 0 Å². The van der Waals surface area contributed by atoms with Gasteiger partial charge in [0.2, 0.25) is 0 Å². The summed E-state index contributed by atoms with van der Waals surface area (Å²) >= 11 is 0. The Morgan fingerprint density at radius 1 is 1.16 bits per heavy atom. The number of hydrogen-bond donors (Lipinski definition) is 0. The lowest BCUT2D eigenvalue weighted by Crippen LogP contribution is -2.36. The molecular weight excluding hydrogens is 240 g/mol. The number of esters is 1. The van der Waals surface area contributed by atoms with Crippen molar-refractivity contribution in [3.8, 4) is 0 Å². The SMILES string of the molecule is CCC=CCOC1CCCC[C@@H]1OC(=O)C=C(C)C. The van der Waals surface area contributed by atoms with Crippen LogP contribution >= 0.6 is 0 Å². The van der Waals surface area contributed by atoms with Crippen LogP contribution in [0, 0.1) is 0 Å². The zero-order valence-electron chi connectivity index (χ0n) is 12.4. The largest absolute Gasteiger partial charge is 0.456 e. The molecule has 1 unspecified atom stereocenters. The van der Waals surface area contributed by atoms with Gasteiger partial charge in [0.15, 0.2) is 0 Å². The van der Waals surface area contributed by atoms with Crippen LogP contribution in [0.2, 0.25) is 0 Å². The number of ether oxygens (including phenoxy) is 2. The first-order chi connectivity index (χ1) is 9.13. The van der Waals surface area contributed by atoms with Crippen molar-refractivity contribution in [1.29, 1.82) is 0 Å². The fourth-order valence-electron chi connectivity index (χ4n) is 2.22. The van der Waals surface area contributed by atoms with E-state index in [9.17, 15) is 4.79 Å². The number of carbonyl (C=O) groups excluding carboxylic acids is 1. The molecule has 2 atom stereocenters. The molecule has 0 aromatic heterocycles. The highest BCUT2D eigenvalue weighted by Crippen LogP contribution is 2.24. The summed E-state index contributed by atoms with van der Waals surface area (Å²) in [7, 11) is 0. The number of carbonyl (C=O) groups is 1. The Morgan fingerprint density at radius 2 is 1.84 bits per heavy atom. The van der Waals surface area contributed by atoms with Crippen molar-refractivity contribution in [1.82, 2.24) is 0 Å². The Bertz CT molecular complexity index is 327. The predicted molar refractivity (Wildman–Crippen MR) is 77.0 cm³/mol. The number of allylic oxidation sites excluding steroid dienone is 2. The van der Waals surface area contributed by atoms with Gasteiger partial charge in [0.1, 0.15) is 6.10 Å². The second-order valence-corrected chi connectivity index (χ2v) is 5.23. The topological polar surface area (TPSA) is 35.5 Å². The second kappa shape index (κ2) is 8.92. The van der Waals surface area contributed by atoms with Gasteiger partial charge in [-0.15, -0.1) is 0 Å². The maximum absolute atomic E-state index is 11.7. The van der Waals surface area contributed by atoms with E-state index in [2.05, 4.69) is 13.0 Å². The van der Waals surface area contributed by atoms with Gasteiger partial charge in [0.05, 0.1) is 12.7 Å². The van der Waals surface area contributed by atoms with Gasteiger partial charge in [-0.05, 0) is 39.5 Å². The van der Waals surface area contributed by atoms with Gasteiger partial charge >= 0.3 is 5.97 Å². The molecule has 19 heavy (non-hydrogen) atoms. The van der Waals surface area contributed by atoms with Crippen molar-refractivity contribution < 1.29 is 14.3 Å². The molecule has 0 aromatic carbocycles. The summed E-state index contributed by atoms with van der Waals surface area (Å²) in [6.07, 6.45) is 10.8. The Labute approximate surface area is 116 Å². The second-order valence-electron chi connectivity index (χ2n) is 5.23. The summed E-state index contributed by atoms with van der Waals surface area (Å²) in [6, 6.07) is 0. The Morgan fingerprint density at radius 3 is 2.47 bits per heavy atom. The molecule has 0 amide bonds. The normalized spacial score (nSPS) is 23.3. The third-order valence-corrected chi connectivity index (χ3v) is 3.12. The van der Waals surface area contributed by atoms with Crippen LogP contribution in [0.25, 0.3) is 0 Å². The van der Waals surface area contributed by atoms with Gasteiger partial charge in [-0.2, -0.15) is 0 Å². The number of rotatable bonds is 6. The zero-order chi connectivity index (χ0) is 14.1. The molecule has 1 aliphatic rings. The molecule has 0 saturated heterocycles. The molecule has 0 radical (unpaired) electrons. The summed E-state index contributed by atoms with van der Waals surface area (Å²) in [6.45, 7) is 6.49. The van der Waals surface area contributed by atoms with Crippen LogP contribution in [0.4, 0.5) is 0 Å². The summed E-state index contributed by atoms with van der Waals surface area (Å²) < 4.78 is 11.3. The molecule has 0 aliphatic heterocycles. The van der Waals surface area contributed by atoms with Gasteiger partial charge in [0, 0.05) is 6.08 Å². The van der Waals surface area contributed by atoms with Crippen LogP contribution in [0.1, 0.15) is 52.9 Å². The lowest BCUT2D eigenvalue weighted by Gasteiger charge is -2.30. The molecule has 0 N–H and O–H groups in total. The average molecular weight is 266 g/mol. The van der Waals surface area contributed by atoms with Gasteiger partial charge < -0.3 is 9.47 Å². The lowest BCUT2D eigenvalue weighted by molar-refractivity contribution is -0.154. The molecule has 0 spiro atoms. The highest BCUT2D eigenvalue weighted by Gasteiger charge is 2.28. The first-order valence-electron chi connectivity index (χ1n) is 7.25. The fraction of sp³-hybridized carbons (Fsp3) is 0.688. The standard InChI is InChI=1S/C16H26O3/c1-4-5-8-11-18-14-9-6-7-10-15(14)19-16(17)12-13(2)3/h5,8,12,14-15H,4,6-7,9-11H2,1-3H3/t14?,15-/m0/s1. The molecule has 1 saturated carbocycles. The third kappa shape index (κ3) is 6.58. The molecule has 0 bridgehead atoms. The van der Waals surface area contributed by atoms with E-state index in [1.807, 2.05) is 19.9 Å². The quantitative estimate of drug-likeness (QED) is 0.417. The van der Waals surface area contributed by atoms with Crippen LogP contribution < -0.4 is 0 Å². The van der Waals surface area contributed by atoms with E-state index in [0.717, 1.165) is 37.7 Å². The Hall–Kier alpha value is -1.09. The van der Waals surface area contributed by atoms with Crippen LogP contribution in [0.15, 0.2) is 23.8 Å². The summed E-state index contributed by atoms with van der Waals surface area (Å²) in [4.78, 5) is 11.7. The maximum atomic E-state index is 11.7. The first kappa shape index (κ1) is 16.0. The fourth-order valence-corrected chi connectivity index (χ4v) is 2.22. The third-order valence-electron chi connectivity index (χ3n) is 3.12. The Kier molecular flexibility index (Phi) is 7.49. The molecule has 1 aliphatic carbocycles. The van der Waals surface area contributed by atoms with E-state index in [1.165, 1.54) is 0 Å². The molecule has 3 nitrogen and oxygen atoms in total. The van der Waals surface area contributed by atoms with E-state index in [0.29, 0.717) is 6.61 Å². The minimum Gasteiger partial charge on any atom is -0.456 e. The van der Waals surface area contributed by atoms with Gasteiger partial charge in [-0.1, -0.05) is 31.1 Å². The van der Waals surface area contributed by atoms with Crippen LogP contribution in [-0.4, -0.2) is 24.8 Å². The van der Waals surface area contributed by atoms with E-state index < -0.39 is 0 Å². The van der Waals surface area contributed by atoms with E-state index >= 15 is 0 Å². The minimum absolute atomic E-state index is 0.0461. The molecular formula is C16H26O3. The van der Waals surface area contributed by atoms with Crippen molar-refractivity contribution in [3.63, 3.8) is 0 Å². The lowest BCUT2D eigenvalue weighted by atomic mass is 9.94. The zero-order valence-corrected chi connectivity index (χ0v) is 12.4. The van der Waals surface area contributed by atoms with Crippen LogP contribution in [0.3, 0.4) is 0 Å². The van der Waals surface area contributed by atoms with E-state index in [-0.39, 0.29) is 18.2 Å². The number of hydrogen-bond acceptors (Lipinski definition) is 3. The smallest absolute Gasteiger partial charge is 0.331 e. The molecule has 3 heteroatoms. The van der Waals surface area contributed by atoms with Crippen molar-refractivity contribution in [2.75, 3.05) is 6.61 Å². The maximum Gasteiger partial charge on any atom is 0.331 e. The molecule has 108 valence electrons. The van der Waals surface area contributed by atoms with Gasteiger partial charge in [-0.25, -0.2) is 4.79 Å². The van der Waals surface area contributed by atoms with E-state index in [1.54, 1.807) is 6.08 Å². The molecule has 1 fully saturated rings. The highest BCUT2D eigenvalue weighted by molar-refractivity contribution is 5.82. The van der Waals surface area contributed by atoms with Crippen molar-refractivity contribution in [3.05, 3.63) is 23.8 Å². The first-order valence-corrected chi connectivity index (χ1v) is 7.25. The molecule has 1 rings (SSSR count). The minimum atomic E-state index is -0.246. The summed E-state index contributed by atoms with van der Waals surface area (Å²) in [5, 5.41) is 0. The van der Waals surface area contributed by atoms with Crippen molar-refractivity contribution in [2.45, 2.75) is 65.1 Å². The van der Waals surface area contributed by atoms with Crippen molar-refractivity contribution in [2.24, 2.45) is 0 Å². The average Bonchev–Trinajstić information content (AvgIpc) is 2.35. The summed E-state index contributed by atoms with van der Waals surface area (Å²) in [5.41, 5.74) is 0.962. The monoisotopic (exact) mass is 266 g/mol.